The molecule has 0 spiro atoms. The summed E-state index contributed by atoms with van der Waals surface area (Å²) in [6.07, 6.45) is 0.480. The molecule has 2 aromatic rings. The van der Waals surface area contributed by atoms with Gasteiger partial charge in [-0.05, 0) is 48.6 Å². The number of ketones is 1. The molecule has 0 unspecified atom stereocenters. The molecule has 8 nitrogen and oxygen atoms in total. The number of hydrogen-bond acceptors (Lipinski definition) is 5. The Morgan fingerprint density at radius 3 is 2.26 bits per heavy atom. The molecule has 0 radical (unpaired) electrons. The van der Waals surface area contributed by atoms with Crippen LogP contribution in [0.3, 0.4) is 0 Å². The molecule has 1 aliphatic rings. The Bertz CT molecular complexity index is 1130. The van der Waals surface area contributed by atoms with Crippen LogP contribution >= 0.6 is 23.2 Å². The van der Waals surface area contributed by atoms with E-state index in [-0.39, 0.29) is 39.9 Å². The Labute approximate surface area is 207 Å². The van der Waals surface area contributed by atoms with E-state index in [1.54, 1.807) is 24.3 Å². The first-order valence-corrected chi connectivity index (χ1v) is 11.4. The molecule has 1 heterocycles. The van der Waals surface area contributed by atoms with E-state index in [0.717, 1.165) is 0 Å². The third-order valence-corrected chi connectivity index (χ3v) is 6.90. The number of amides is 2. The molecule has 1 aromatic carbocycles. The summed E-state index contributed by atoms with van der Waals surface area (Å²) in [5.74, 6) is -2.58. The Balaban J connectivity index is 1.62. The molecule has 1 aliphatic carbocycles. The van der Waals surface area contributed by atoms with Gasteiger partial charge in [0.05, 0.1) is 5.56 Å². The van der Waals surface area contributed by atoms with Crippen molar-refractivity contribution in [2.75, 3.05) is 5.32 Å². The summed E-state index contributed by atoms with van der Waals surface area (Å²) < 4.78 is 0. The highest BCUT2D eigenvalue weighted by Crippen LogP contribution is 2.51. The lowest BCUT2D eigenvalue weighted by Gasteiger charge is -2.50. The van der Waals surface area contributed by atoms with Crippen molar-refractivity contribution in [3.63, 3.8) is 0 Å². The number of halogens is 2. The van der Waals surface area contributed by atoms with Crippen molar-refractivity contribution in [3.05, 3.63) is 57.8 Å². The largest absolute Gasteiger partial charge is 0.480 e. The van der Waals surface area contributed by atoms with E-state index in [4.69, 9.17) is 23.2 Å². The van der Waals surface area contributed by atoms with Crippen LogP contribution in [0.15, 0.2) is 36.4 Å². The number of aliphatic carboxylic acids is 1. The highest BCUT2D eigenvalue weighted by molar-refractivity contribution is 6.35. The van der Waals surface area contributed by atoms with Crippen molar-refractivity contribution in [1.82, 2.24) is 10.3 Å². The Morgan fingerprint density at radius 2 is 1.74 bits per heavy atom. The van der Waals surface area contributed by atoms with Crippen LogP contribution < -0.4 is 10.6 Å². The van der Waals surface area contributed by atoms with E-state index in [9.17, 15) is 24.3 Å². The predicted octanol–water partition coefficient (Wildman–Crippen LogP) is 4.00. The molecule has 0 aliphatic heterocycles. The van der Waals surface area contributed by atoms with Gasteiger partial charge in [-0.25, -0.2) is 9.78 Å². The molecule has 1 aromatic heterocycles. The van der Waals surface area contributed by atoms with E-state index in [1.165, 1.54) is 19.1 Å². The van der Waals surface area contributed by atoms with Gasteiger partial charge in [0.1, 0.15) is 22.1 Å². The fourth-order valence-corrected chi connectivity index (χ4v) is 4.70. The van der Waals surface area contributed by atoms with Crippen LogP contribution in [0.4, 0.5) is 5.69 Å². The van der Waals surface area contributed by atoms with Crippen LogP contribution in [-0.4, -0.2) is 39.7 Å². The maximum absolute atomic E-state index is 12.7. The van der Waals surface area contributed by atoms with Gasteiger partial charge in [-0.1, -0.05) is 49.2 Å². The van der Waals surface area contributed by atoms with Crippen molar-refractivity contribution in [2.45, 2.75) is 39.7 Å². The molecular formula is C24H25Cl2N3O5. The number of benzene rings is 1. The van der Waals surface area contributed by atoms with Gasteiger partial charge in [0.15, 0.2) is 0 Å². The standard InChI is InChI=1S/C24H25Cl2N3O5/c1-12(30)16-11-17(24(16,2)3)22(32)28-18(23(33)34)10-13-4-6-14(7-5-13)27-21(31)15-8-9-19(25)29-20(15)26/h4-9,16-18H,10-11H2,1-3H3,(H,27,31)(H,28,32)(H,33,34)/t16-,17-,18+/m1/s1. The van der Waals surface area contributed by atoms with Crippen LogP contribution in [0.25, 0.3) is 0 Å². The maximum Gasteiger partial charge on any atom is 0.326 e. The van der Waals surface area contributed by atoms with Crippen molar-refractivity contribution >= 4 is 52.5 Å². The lowest BCUT2D eigenvalue weighted by molar-refractivity contribution is -0.152. The third kappa shape index (κ3) is 5.56. The summed E-state index contributed by atoms with van der Waals surface area (Å²) >= 11 is 11.7. The molecule has 1 saturated carbocycles. The van der Waals surface area contributed by atoms with Crippen LogP contribution in [0.2, 0.25) is 10.3 Å². The Kier molecular flexibility index (Phi) is 7.63. The second-order valence-corrected chi connectivity index (χ2v) is 9.75. The van der Waals surface area contributed by atoms with Gasteiger partial charge in [0.25, 0.3) is 5.91 Å². The summed E-state index contributed by atoms with van der Waals surface area (Å²) in [5, 5.41) is 15.1. The van der Waals surface area contributed by atoms with Crippen LogP contribution in [-0.2, 0) is 20.8 Å². The number of aromatic nitrogens is 1. The number of nitrogens with one attached hydrogen (secondary N) is 2. The van der Waals surface area contributed by atoms with Crippen LogP contribution in [0.1, 0.15) is 43.1 Å². The van der Waals surface area contributed by atoms with Gasteiger partial charge in [0, 0.05) is 23.9 Å². The first-order valence-electron chi connectivity index (χ1n) is 10.7. The zero-order valence-electron chi connectivity index (χ0n) is 18.9. The second-order valence-electron chi connectivity index (χ2n) is 9.00. The van der Waals surface area contributed by atoms with Gasteiger partial charge in [-0.2, -0.15) is 0 Å². The number of carboxylic acid groups (broad SMARTS) is 1. The zero-order valence-corrected chi connectivity index (χ0v) is 20.4. The molecule has 2 amide bonds. The van der Waals surface area contributed by atoms with Crippen LogP contribution in [0.5, 0.6) is 0 Å². The molecule has 1 fully saturated rings. The number of carboxylic acids is 1. The molecule has 0 bridgehead atoms. The summed E-state index contributed by atoms with van der Waals surface area (Å²) in [4.78, 5) is 52.4. The number of carbonyl (C=O) groups excluding carboxylic acids is 3. The fraction of sp³-hybridized carbons (Fsp3) is 0.375. The SMILES string of the molecule is CC(=O)[C@H]1C[C@H](C(=O)N[C@@H](Cc2ccc(NC(=O)c3ccc(Cl)nc3Cl)cc2)C(=O)O)C1(C)C. The van der Waals surface area contributed by atoms with Crippen molar-refractivity contribution in [1.29, 1.82) is 0 Å². The fourth-order valence-electron chi connectivity index (χ4n) is 4.27. The number of carbonyl (C=O) groups is 4. The highest BCUT2D eigenvalue weighted by atomic mass is 35.5. The van der Waals surface area contributed by atoms with E-state index in [2.05, 4.69) is 15.6 Å². The van der Waals surface area contributed by atoms with Gasteiger partial charge in [-0.15, -0.1) is 0 Å². The summed E-state index contributed by atoms with van der Waals surface area (Å²) in [5.41, 5.74) is 0.782. The molecule has 10 heteroatoms. The van der Waals surface area contributed by atoms with E-state index >= 15 is 0 Å². The van der Waals surface area contributed by atoms with Gasteiger partial charge < -0.3 is 15.7 Å². The lowest BCUT2D eigenvalue weighted by Crippen LogP contribution is -2.57. The van der Waals surface area contributed by atoms with Gasteiger partial charge in [-0.3, -0.25) is 14.4 Å². The minimum Gasteiger partial charge on any atom is -0.480 e. The normalized spacial score (nSPS) is 19.4. The number of pyridine rings is 1. The average molecular weight is 506 g/mol. The molecule has 3 N–H and O–H groups in total. The third-order valence-electron chi connectivity index (χ3n) is 6.40. The molecule has 34 heavy (non-hydrogen) atoms. The molecular weight excluding hydrogens is 481 g/mol. The average Bonchev–Trinajstić information content (AvgIpc) is 2.73. The zero-order chi connectivity index (χ0) is 25.2. The van der Waals surface area contributed by atoms with E-state index < -0.39 is 29.3 Å². The minimum atomic E-state index is -1.16. The number of rotatable bonds is 8. The summed E-state index contributed by atoms with van der Waals surface area (Å²) in [6.45, 7) is 5.21. The van der Waals surface area contributed by atoms with Gasteiger partial charge in [0.2, 0.25) is 5.91 Å². The smallest absolute Gasteiger partial charge is 0.326 e. The van der Waals surface area contributed by atoms with Crippen LogP contribution in [0, 0.1) is 17.3 Å². The Hall–Kier alpha value is -2.97. The van der Waals surface area contributed by atoms with Crippen molar-refractivity contribution in [2.24, 2.45) is 17.3 Å². The van der Waals surface area contributed by atoms with E-state index in [0.29, 0.717) is 17.7 Å². The lowest BCUT2D eigenvalue weighted by atomic mass is 9.53. The summed E-state index contributed by atoms with van der Waals surface area (Å²) in [6, 6.07) is 8.37. The minimum absolute atomic E-state index is 0.0223. The van der Waals surface area contributed by atoms with E-state index in [1.807, 2.05) is 13.8 Å². The first-order chi connectivity index (χ1) is 15.9. The summed E-state index contributed by atoms with van der Waals surface area (Å²) in [7, 11) is 0. The first kappa shape index (κ1) is 25.6. The number of nitrogens with zero attached hydrogens (tertiary/aromatic N) is 1. The van der Waals surface area contributed by atoms with Gasteiger partial charge >= 0.3 is 5.97 Å². The van der Waals surface area contributed by atoms with Crippen molar-refractivity contribution in [3.8, 4) is 0 Å². The molecule has 3 atom stereocenters. The number of anilines is 1. The highest BCUT2D eigenvalue weighted by Gasteiger charge is 2.53. The topological polar surface area (TPSA) is 125 Å². The predicted molar refractivity (Wildman–Crippen MR) is 128 cm³/mol. The molecule has 3 rings (SSSR count). The molecule has 180 valence electrons. The number of Topliss-reactive ketones (excluding diaryl/α,β-unsaturated/α-hetero) is 1. The maximum atomic E-state index is 12.7. The van der Waals surface area contributed by atoms with Crippen molar-refractivity contribution < 1.29 is 24.3 Å². The monoisotopic (exact) mass is 505 g/mol. The number of hydrogen-bond donors (Lipinski definition) is 3. The quantitative estimate of drug-likeness (QED) is 0.465. The second kappa shape index (κ2) is 10.1. The molecule has 0 saturated heterocycles. The Morgan fingerprint density at radius 1 is 1.09 bits per heavy atom.